The normalized spacial score (nSPS) is 11.6. The summed E-state index contributed by atoms with van der Waals surface area (Å²) in [6.45, 7) is 0. The van der Waals surface area contributed by atoms with Gasteiger partial charge < -0.3 is 5.11 Å². The smallest absolute Gasteiger partial charge is 0.336 e. The minimum absolute atomic E-state index is 0.125. The maximum absolute atomic E-state index is 12.0. The zero-order valence-corrected chi connectivity index (χ0v) is 18.3. The number of hydrogen-bond donors (Lipinski definition) is 1. The molecule has 0 aliphatic rings. The number of aliphatic carboxylic acids is 1. The Bertz CT molecular complexity index is 1500. The van der Waals surface area contributed by atoms with E-state index in [4.69, 9.17) is 16.7 Å². The van der Waals surface area contributed by atoms with Gasteiger partial charge in [0.15, 0.2) is 0 Å². The van der Waals surface area contributed by atoms with Crippen LogP contribution in [0, 0.1) is 0 Å². The first-order chi connectivity index (χ1) is 16.1. The fourth-order valence-electron chi connectivity index (χ4n) is 3.86. The molecule has 0 saturated heterocycles. The second kappa shape index (κ2) is 8.77. The van der Waals surface area contributed by atoms with Crippen LogP contribution >= 0.6 is 11.6 Å². The number of carbonyl (C=O) groups is 1. The van der Waals surface area contributed by atoms with Crippen LogP contribution < -0.4 is 0 Å². The van der Waals surface area contributed by atoms with Gasteiger partial charge in [-0.15, -0.1) is 0 Å². The average Bonchev–Trinajstić information content (AvgIpc) is 3.27. The molecule has 5 rings (SSSR count). The molecule has 0 spiro atoms. The molecule has 0 radical (unpaired) electrons. The van der Waals surface area contributed by atoms with Crippen molar-refractivity contribution >= 4 is 40.0 Å². The first-order valence-electron chi connectivity index (χ1n) is 10.4. The summed E-state index contributed by atoms with van der Waals surface area (Å²) < 4.78 is 1.84. The van der Waals surface area contributed by atoms with Gasteiger partial charge in [0.25, 0.3) is 0 Å². The maximum Gasteiger partial charge on any atom is 0.336 e. The van der Waals surface area contributed by atoms with Gasteiger partial charge in [-0.1, -0.05) is 78.3 Å². The van der Waals surface area contributed by atoms with Crippen LogP contribution in [0.25, 0.3) is 39.4 Å². The fourth-order valence-corrected chi connectivity index (χ4v) is 4.05. The molecule has 0 unspecified atom stereocenters. The number of fused-ring (bicyclic) bond motifs is 1. The molecule has 160 valence electrons. The standard InChI is InChI=1S/C28H19ClN2O2/c29-23-10-6-9-21(16-23)26(28(32)33)17-24-18-27(31(30-24)25-11-2-1-3-12-25)22-14-13-19-7-4-5-8-20(19)15-22/h1-18H,(H,32,33)/b26-17-. The molecular weight excluding hydrogens is 432 g/mol. The van der Waals surface area contributed by atoms with E-state index in [1.807, 2.05) is 53.2 Å². The SMILES string of the molecule is O=C(O)/C(=C\c1cc(-c2ccc3ccccc3c2)n(-c2ccccc2)n1)c1cccc(Cl)c1. The van der Waals surface area contributed by atoms with Gasteiger partial charge in [0, 0.05) is 10.6 Å². The van der Waals surface area contributed by atoms with Crippen LogP contribution in [0.2, 0.25) is 5.02 Å². The van der Waals surface area contributed by atoms with Crippen molar-refractivity contribution in [1.82, 2.24) is 9.78 Å². The molecule has 0 saturated carbocycles. The van der Waals surface area contributed by atoms with Crippen molar-refractivity contribution < 1.29 is 9.90 Å². The summed E-state index contributed by atoms with van der Waals surface area (Å²) in [5.74, 6) is -1.04. The molecule has 5 heteroatoms. The van der Waals surface area contributed by atoms with E-state index in [2.05, 4.69) is 30.3 Å². The number of benzene rings is 4. The van der Waals surface area contributed by atoms with E-state index >= 15 is 0 Å². The summed E-state index contributed by atoms with van der Waals surface area (Å²) in [7, 11) is 0. The van der Waals surface area contributed by atoms with Crippen molar-refractivity contribution in [3.63, 3.8) is 0 Å². The zero-order valence-electron chi connectivity index (χ0n) is 17.5. The summed E-state index contributed by atoms with van der Waals surface area (Å²) >= 11 is 6.09. The molecule has 0 atom stereocenters. The number of carboxylic acid groups (broad SMARTS) is 1. The Morgan fingerprint density at radius 2 is 1.58 bits per heavy atom. The second-order valence-electron chi connectivity index (χ2n) is 7.64. The van der Waals surface area contributed by atoms with E-state index in [1.54, 1.807) is 30.3 Å². The van der Waals surface area contributed by atoms with Crippen LogP contribution in [0.15, 0.2) is 103 Å². The zero-order chi connectivity index (χ0) is 22.8. The molecule has 0 aliphatic carbocycles. The number of aromatic nitrogens is 2. The van der Waals surface area contributed by atoms with Gasteiger partial charge in [0.05, 0.1) is 22.6 Å². The van der Waals surface area contributed by atoms with Crippen molar-refractivity contribution in [3.05, 3.63) is 119 Å². The van der Waals surface area contributed by atoms with Crippen molar-refractivity contribution in [2.75, 3.05) is 0 Å². The Hall–Kier alpha value is -4.15. The van der Waals surface area contributed by atoms with E-state index in [0.29, 0.717) is 16.3 Å². The maximum atomic E-state index is 12.0. The third-order valence-corrected chi connectivity index (χ3v) is 5.67. The van der Waals surface area contributed by atoms with Gasteiger partial charge in [-0.05, 0) is 58.8 Å². The van der Waals surface area contributed by atoms with Crippen LogP contribution in [0.1, 0.15) is 11.3 Å². The van der Waals surface area contributed by atoms with E-state index in [0.717, 1.165) is 27.7 Å². The van der Waals surface area contributed by atoms with Crippen molar-refractivity contribution in [3.8, 4) is 16.9 Å². The Morgan fingerprint density at radius 3 is 2.33 bits per heavy atom. The van der Waals surface area contributed by atoms with Crippen LogP contribution in [-0.4, -0.2) is 20.9 Å². The first-order valence-corrected chi connectivity index (χ1v) is 10.8. The monoisotopic (exact) mass is 450 g/mol. The fraction of sp³-hybridized carbons (Fsp3) is 0. The summed E-state index contributed by atoms with van der Waals surface area (Å²) in [6, 6.07) is 32.9. The summed E-state index contributed by atoms with van der Waals surface area (Å²) in [5, 5.41) is 17.4. The first kappa shape index (κ1) is 20.7. The lowest BCUT2D eigenvalue weighted by Gasteiger charge is -2.08. The molecule has 4 nitrogen and oxygen atoms in total. The summed E-state index contributed by atoms with van der Waals surface area (Å²) in [4.78, 5) is 12.0. The van der Waals surface area contributed by atoms with Crippen LogP contribution in [0.3, 0.4) is 0 Å². The summed E-state index contributed by atoms with van der Waals surface area (Å²) in [6.07, 6.45) is 1.58. The minimum atomic E-state index is -1.04. The Balaban J connectivity index is 1.68. The number of rotatable bonds is 5. The highest BCUT2D eigenvalue weighted by Crippen LogP contribution is 2.29. The van der Waals surface area contributed by atoms with E-state index < -0.39 is 5.97 Å². The van der Waals surface area contributed by atoms with Gasteiger partial charge in [0.2, 0.25) is 0 Å². The molecule has 0 aliphatic heterocycles. The van der Waals surface area contributed by atoms with Gasteiger partial charge >= 0.3 is 5.97 Å². The molecule has 1 aromatic heterocycles. The van der Waals surface area contributed by atoms with Crippen molar-refractivity contribution in [2.24, 2.45) is 0 Å². The average molecular weight is 451 g/mol. The van der Waals surface area contributed by atoms with Gasteiger partial charge in [-0.25, -0.2) is 9.48 Å². The summed E-state index contributed by atoms with van der Waals surface area (Å²) in [5.41, 5.74) is 3.94. The van der Waals surface area contributed by atoms with Crippen LogP contribution in [0.4, 0.5) is 0 Å². The number of carboxylic acids is 1. The highest BCUT2D eigenvalue weighted by Gasteiger charge is 2.15. The Kier molecular flexibility index (Phi) is 5.51. The Labute approximate surface area is 196 Å². The second-order valence-corrected chi connectivity index (χ2v) is 8.07. The molecule has 33 heavy (non-hydrogen) atoms. The molecule has 1 heterocycles. The van der Waals surface area contributed by atoms with E-state index in [1.165, 1.54) is 0 Å². The lowest BCUT2D eigenvalue weighted by Crippen LogP contribution is -2.01. The molecule has 0 fully saturated rings. The number of nitrogens with zero attached hydrogens (tertiary/aromatic N) is 2. The van der Waals surface area contributed by atoms with E-state index in [9.17, 15) is 9.90 Å². The molecule has 4 aromatic carbocycles. The lowest BCUT2D eigenvalue weighted by atomic mass is 10.0. The topological polar surface area (TPSA) is 55.1 Å². The van der Waals surface area contributed by atoms with Gasteiger partial charge in [0.1, 0.15) is 0 Å². The lowest BCUT2D eigenvalue weighted by molar-refractivity contribution is -0.130. The molecule has 1 N–H and O–H groups in total. The molecule has 0 amide bonds. The van der Waals surface area contributed by atoms with Crippen LogP contribution in [0.5, 0.6) is 0 Å². The van der Waals surface area contributed by atoms with E-state index in [-0.39, 0.29) is 5.57 Å². The quantitative estimate of drug-likeness (QED) is 0.294. The number of halogens is 1. The van der Waals surface area contributed by atoms with Crippen LogP contribution in [-0.2, 0) is 4.79 Å². The highest BCUT2D eigenvalue weighted by atomic mass is 35.5. The molecule has 5 aromatic rings. The Morgan fingerprint density at radius 1 is 0.818 bits per heavy atom. The minimum Gasteiger partial charge on any atom is -0.478 e. The van der Waals surface area contributed by atoms with Gasteiger partial charge in [-0.3, -0.25) is 0 Å². The number of para-hydroxylation sites is 1. The third kappa shape index (κ3) is 4.29. The third-order valence-electron chi connectivity index (χ3n) is 5.43. The highest BCUT2D eigenvalue weighted by molar-refractivity contribution is 6.31. The van der Waals surface area contributed by atoms with Gasteiger partial charge in [-0.2, -0.15) is 5.10 Å². The molecule has 0 bridgehead atoms. The number of hydrogen-bond acceptors (Lipinski definition) is 2. The predicted molar refractivity (Wildman–Crippen MR) is 133 cm³/mol. The predicted octanol–water partition coefficient (Wildman–Crippen LogP) is 6.97. The molecular formula is C28H19ClN2O2. The largest absolute Gasteiger partial charge is 0.478 e. The van der Waals surface area contributed by atoms with Crippen molar-refractivity contribution in [2.45, 2.75) is 0 Å². The van der Waals surface area contributed by atoms with Crippen molar-refractivity contribution in [1.29, 1.82) is 0 Å².